The van der Waals surface area contributed by atoms with Gasteiger partial charge in [-0.05, 0) is 32.6 Å². The molecule has 2 atom stereocenters. The van der Waals surface area contributed by atoms with Crippen molar-refractivity contribution >= 4 is 0 Å². The van der Waals surface area contributed by atoms with Crippen molar-refractivity contribution in [2.45, 2.75) is 53.0 Å². The number of terminal acetylenes is 1. The van der Waals surface area contributed by atoms with Crippen LogP contribution < -0.4 is 5.32 Å². The van der Waals surface area contributed by atoms with E-state index in [2.05, 4.69) is 45.0 Å². The first-order valence-corrected chi connectivity index (χ1v) is 5.95. The molecule has 0 aliphatic heterocycles. The van der Waals surface area contributed by atoms with Gasteiger partial charge in [0.25, 0.3) is 0 Å². The zero-order valence-corrected chi connectivity index (χ0v) is 10.6. The summed E-state index contributed by atoms with van der Waals surface area (Å²) in [5.74, 6) is 3.36. The Kier molecular flexibility index (Phi) is 8.14. The third kappa shape index (κ3) is 6.36. The van der Waals surface area contributed by atoms with Crippen LogP contribution in [0.25, 0.3) is 0 Å². The van der Waals surface area contributed by atoms with Crippen LogP contribution in [0.15, 0.2) is 11.6 Å². The maximum Gasteiger partial charge on any atom is 0.0576 e. The first-order valence-electron chi connectivity index (χ1n) is 5.95. The van der Waals surface area contributed by atoms with Crippen molar-refractivity contribution in [3.8, 4) is 12.3 Å². The smallest absolute Gasteiger partial charge is 0.0576 e. The van der Waals surface area contributed by atoms with E-state index in [-0.39, 0.29) is 0 Å². The lowest BCUT2D eigenvalue weighted by atomic mass is 9.91. The molecule has 0 amide bonds. The van der Waals surface area contributed by atoms with Gasteiger partial charge in [0.1, 0.15) is 0 Å². The monoisotopic (exact) mass is 207 g/mol. The first-order chi connectivity index (χ1) is 7.15. The fourth-order valence-corrected chi connectivity index (χ4v) is 1.84. The van der Waals surface area contributed by atoms with Crippen LogP contribution in [-0.4, -0.2) is 12.6 Å². The molecule has 2 unspecified atom stereocenters. The normalized spacial score (nSPS) is 14.1. The van der Waals surface area contributed by atoms with E-state index in [1.165, 1.54) is 12.0 Å². The van der Waals surface area contributed by atoms with E-state index >= 15 is 0 Å². The molecule has 15 heavy (non-hydrogen) atoms. The lowest BCUT2D eigenvalue weighted by Gasteiger charge is -2.24. The highest BCUT2D eigenvalue weighted by atomic mass is 14.9. The third-order valence-corrected chi connectivity index (χ3v) is 2.83. The van der Waals surface area contributed by atoms with Gasteiger partial charge in [0.2, 0.25) is 0 Å². The van der Waals surface area contributed by atoms with Gasteiger partial charge in [-0.1, -0.05) is 37.8 Å². The van der Waals surface area contributed by atoms with E-state index in [0.717, 1.165) is 12.8 Å². The maximum atomic E-state index is 5.27. The van der Waals surface area contributed by atoms with Gasteiger partial charge in [-0.2, -0.15) is 0 Å². The topological polar surface area (TPSA) is 12.0 Å². The average Bonchev–Trinajstić information content (AvgIpc) is 2.22. The predicted molar refractivity (Wildman–Crippen MR) is 68.7 cm³/mol. The summed E-state index contributed by atoms with van der Waals surface area (Å²) in [6.07, 6.45) is 11.1. The highest BCUT2D eigenvalue weighted by Gasteiger charge is 2.15. The van der Waals surface area contributed by atoms with Crippen molar-refractivity contribution < 1.29 is 0 Å². The van der Waals surface area contributed by atoms with Crippen molar-refractivity contribution in [1.82, 2.24) is 5.32 Å². The van der Waals surface area contributed by atoms with E-state index in [0.29, 0.717) is 18.5 Å². The van der Waals surface area contributed by atoms with E-state index in [1.807, 2.05) is 0 Å². The Hall–Kier alpha value is -0.740. The van der Waals surface area contributed by atoms with Crippen molar-refractivity contribution in [3.63, 3.8) is 0 Å². The molecule has 0 aromatic rings. The Morgan fingerprint density at radius 3 is 2.40 bits per heavy atom. The molecule has 0 radical (unpaired) electrons. The standard InChI is InChI=1S/C14H25N/c1-6-11-15-14(8-3)13(7-2)10-9-12(4)5/h1,9,13-15H,7-8,10-11H2,2-5H3. The van der Waals surface area contributed by atoms with Crippen molar-refractivity contribution in [2.24, 2.45) is 5.92 Å². The molecule has 86 valence electrons. The summed E-state index contributed by atoms with van der Waals surface area (Å²) in [6, 6.07) is 0.557. The second-order valence-corrected chi connectivity index (χ2v) is 4.29. The first kappa shape index (κ1) is 14.3. The maximum absolute atomic E-state index is 5.27. The van der Waals surface area contributed by atoms with Crippen LogP contribution in [-0.2, 0) is 0 Å². The lowest BCUT2D eigenvalue weighted by molar-refractivity contribution is 0.347. The molecule has 0 bridgehead atoms. The van der Waals surface area contributed by atoms with Gasteiger partial charge in [-0.25, -0.2) is 0 Å². The lowest BCUT2D eigenvalue weighted by Crippen LogP contribution is -2.35. The number of allylic oxidation sites excluding steroid dienone is 2. The van der Waals surface area contributed by atoms with E-state index in [9.17, 15) is 0 Å². The largest absolute Gasteiger partial charge is 0.303 e. The van der Waals surface area contributed by atoms with Crippen LogP contribution >= 0.6 is 0 Å². The minimum atomic E-state index is 0.557. The summed E-state index contributed by atoms with van der Waals surface area (Å²) in [5.41, 5.74) is 1.40. The molecular formula is C14H25N. The molecule has 0 aliphatic rings. The minimum absolute atomic E-state index is 0.557. The van der Waals surface area contributed by atoms with Crippen LogP contribution in [0.3, 0.4) is 0 Å². The van der Waals surface area contributed by atoms with Gasteiger partial charge in [0, 0.05) is 6.04 Å². The Bertz CT molecular complexity index is 218. The number of nitrogens with one attached hydrogen (secondary N) is 1. The summed E-state index contributed by atoms with van der Waals surface area (Å²) >= 11 is 0. The molecule has 0 saturated carbocycles. The van der Waals surface area contributed by atoms with Crippen LogP contribution in [0.1, 0.15) is 47.0 Å². The minimum Gasteiger partial charge on any atom is -0.303 e. The van der Waals surface area contributed by atoms with E-state index in [4.69, 9.17) is 6.42 Å². The van der Waals surface area contributed by atoms with Crippen molar-refractivity contribution in [3.05, 3.63) is 11.6 Å². The van der Waals surface area contributed by atoms with E-state index < -0.39 is 0 Å². The second-order valence-electron chi connectivity index (χ2n) is 4.29. The zero-order chi connectivity index (χ0) is 11.7. The van der Waals surface area contributed by atoms with Crippen LogP contribution in [0.2, 0.25) is 0 Å². The molecule has 1 nitrogen and oxygen atoms in total. The van der Waals surface area contributed by atoms with Gasteiger partial charge in [-0.3, -0.25) is 0 Å². The van der Waals surface area contributed by atoms with Crippen molar-refractivity contribution in [2.75, 3.05) is 6.54 Å². The summed E-state index contributed by atoms with van der Waals surface area (Å²) in [7, 11) is 0. The van der Waals surface area contributed by atoms with E-state index in [1.54, 1.807) is 0 Å². The fourth-order valence-electron chi connectivity index (χ4n) is 1.84. The summed E-state index contributed by atoms with van der Waals surface area (Å²) in [4.78, 5) is 0. The Balaban J connectivity index is 4.21. The van der Waals surface area contributed by atoms with Crippen molar-refractivity contribution in [1.29, 1.82) is 0 Å². The predicted octanol–water partition coefficient (Wildman–Crippen LogP) is 3.37. The second kappa shape index (κ2) is 8.56. The molecule has 0 aromatic carbocycles. The summed E-state index contributed by atoms with van der Waals surface area (Å²) < 4.78 is 0. The number of rotatable bonds is 7. The van der Waals surface area contributed by atoms with Gasteiger partial charge >= 0.3 is 0 Å². The van der Waals surface area contributed by atoms with Crippen LogP contribution in [0.5, 0.6) is 0 Å². The average molecular weight is 207 g/mol. The Morgan fingerprint density at radius 1 is 1.33 bits per heavy atom. The van der Waals surface area contributed by atoms with Gasteiger partial charge < -0.3 is 5.32 Å². The zero-order valence-electron chi connectivity index (χ0n) is 10.6. The third-order valence-electron chi connectivity index (χ3n) is 2.83. The molecule has 0 spiro atoms. The highest BCUT2D eigenvalue weighted by Crippen LogP contribution is 2.17. The number of hydrogen-bond donors (Lipinski definition) is 1. The molecule has 0 aromatic heterocycles. The van der Waals surface area contributed by atoms with Gasteiger partial charge in [-0.15, -0.1) is 6.42 Å². The highest BCUT2D eigenvalue weighted by molar-refractivity contribution is 4.96. The quantitative estimate of drug-likeness (QED) is 0.498. The molecule has 0 fully saturated rings. The van der Waals surface area contributed by atoms with Crippen LogP contribution in [0, 0.1) is 18.3 Å². The molecule has 1 heteroatoms. The molecule has 0 saturated heterocycles. The molecule has 0 aliphatic carbocycles. The molecule has 1 N–H and O–H groups in total. The number of hydrogen-bond acceptors (Lipinski definition) is 1. The molecular weight excluding hydrogens is 182 g/mol. The SMILES string of the molecule is C#CCNC(CC)C(CC)CC=C(C)C. The molecule has 0 heterocycles. The molecule has 0 rings (SSSR count). The van der Waals surface area contributed by atoms with Gasteiger partial charge in [0.05, 0.1) is 6.54 Å². The fraction of sp³-hybridized carbons (Fsp3) is 0.714. The summed E-state index contributed by atoms with van der Waals surface area (Å²) in [6.45, 7) is 9.47. The Labute approximate surface area is 95.3 Å². The Morgan fingerprint density at radius 2 is 2.00 bits per heavy atom. The van der Waals surface area contributed by atoms with Gasteiger partial charge in [0.15, 0.2) is 0 Å². The summed E-state index contributed by atoms with van der Waals surface area (Å²) in [5, 5.41) is 3.43. The van der Waals surface area contributed by atoms with Crippen LogP contribution in [0.4, 0.5) is 0 Å².